The summed E-state index contributed by atoms with van der Waals surface area (Å²) in [6.45, 7) is 11.2. The Morgan fingerprint density at radius 3 is 2.67 bits per heavy atom. The van der Waals surface area contributed by atoms with E-state index in [2.05, 4.69) is 39.6 Å². The lowest BCUT2D eigenvalue weighted by Gasteiger charge is -2.45. The van der Waals surface area contributed by atoms with E-state index in [9.17, 15) is 9.59 Å². The van der Waals surface area contributed by atoms with Gasteiger partial charge >= 0.3 is 6.09 Å². The van der Waals surface area contributed by atoms with Crippen molar-refractivity contribution in [2.24, 2.45) is 5.92 Å². The highest BCUT2D eigenvalue weighted by Gasteiger charge is 2.43. The van der Waals surface area contributed by atoms with E-state index in [-0.39, 0.29) is 11.9 Å². The van der Waals surface area contributed by atoms with Gasteiger partial charge < -0.3 is 14.2 Å². The number of fused-ring (bicyclic) bond motifs is 2. The predicted molar refractivity (Wildman–Crippen MR) is 174 cm³/mol. The first-order valence-electron chi connectivity index (χ1n) is 16.3. The minimum Gasteiger partial charge on any atom is -0.444 e. The molecule has 3 heterocycles. The second-order valence-electron chi connectivity index (χ2n) is 13.6. The summed E-state index contributed by atoms with van der Waals surface area (Å²) in [6.07, 6.45) is 9.86. The number of hydrogen-bond acceptors (Lipinski definition) is 6. The van der Waals surface area contributed by atoms with Gasteiger partial charge in [-0.05, 0) is 94.2 Å². The van der Waals surface area contributed by atoms with E-state index in [1.807, 2.05) is 56.5 Å². The van der Waals surface area contributed by atoms with Crippen molar-refractivity contribution in [2.75, 3.05) is 32.7 Å². The maximum Gasteiger partial charge on any atom is 0.411 e. The third-order valence-electron chi connectivity index (χ3n) is 9.20. The molecule has 0 N–H and O–H groups in total. The van der Waals surface area contributed by atoms with E-state index in [1.165, 1.54) is 11.1 Å². The highest BCUT2D eigenvalue weighted by Crippen LogP contribution is 2.38. The lowest BCUT2D eigenvalue weighted by Crippen LogP contribution is -2.62. The van der Waals surface area contributed by atoms with Gasteiger partial charge in [0.15, 0.2) is 0 Å². The van der Waals surface area contributed by atoms with Crippen LogP contribution in [0.1, 0.15) is 74.7 Å². The second-order valence-corrected chi connectivity index (χ2v) is 14.1. The van der Waals surface area contributed by atoms with E-state index in [1.54, 1.807) is 4.90 Å². The van der Waals surface area contributed by atoms with Crippen LogP contribution < -0.4 is 0 Å². The van der Waals surface area contributed by atoms with Crippen LogP contribution in [0.2, 0.25) is 5.02 Å². The van der Waals surface area contributed by atoms with Crippen LogP contribution in [0, 0.1) is 5.92 Å². The Balaban J connectivity index is 1.34. The Morgan fingerprint density at radius 1 is 1.11 bits per heavy atom. The number of pyridine rings is 1. The normalized spacial score (nSPS) is 20.2. The molecule has 1 saturated heterocycles. The summed E-state index contributed by atoms with van der Waals surface area (Å²) < 4.78 is 7.99. The van der Waals surface area contributed by atoms with Gasteiger partial charge in [-0.25, -0.2) is 9.78 Å². The molecule has 0 unspecified atom stereocenters. The molecule has 1 saturated carbocycles. The predicted octanol–water partition coefficient (Wildman–Crippen LogP) is 5.54. The summed E-state index contributed by atoms with van der Waals surface area (Å²) >= 11 is 6.47. The second kappa shape index (κ2) is 13.1. The number of hydrogen-bond donors (Lipinski definition) is 0. The zero-order chi connectivity index (χ0) is 31.7. The zero-order valence-electron chi connectivity index (χ0n) is 26.9. The molecule has 2 aromatic heterocycles. The molecule has 1 aliphatic heterocycles. The van der Waals surface area contributed by atoms with Gasteiger partial charge in [-0.2, -0.15) is 0 Å². The standard InChI is InChI=1S/C35H45ClN6O3/c1-5-39-23-37-20-28(39)14-16-41(21-24-8-9-24)33(43)30-22-40(17-18-42(30)34(44)45-35(2,3)4)32-29-13-12-27(36)19-26(29)11-10-25-7-6-15-38-31(25)32/h6-7,12-13,15,19-20,23-24,30,32H,5,8-11,14,16-18,21-22H2,1-4H3/t30-,32+/m1/s1. The van der Waals surface area contributed by atoms with Crippen LogP contribution in [0.15, 0.2) is 49.1 Å². The molecule has 2 fully saturated rings. The largest absolute Gasteiger partial charge is 0.444 e. The summed E-state index contributed by atoms with van der Waals surface area (Å²) in [6, 6.07) is 9.43. The fraction of sp³-hybridized carbons (Fsp3) is 0.543. The van der Waals surface area contributed by atoms with E-state index < -0.39 is 17.7 Å². The number of carbonyl (C=O) groups is 2. The maximum absolute atomic E-state index is 14.7. The number of piperazine rings is 1. The number of nitrogens with zero attached hydrogens (tertiary/aromatic N) is 6. The molecular weight excluding hydrogens is 588 g/mol. The Kier molecular flexibility index (Phi) is 9.20. The van der Waals surface area contributed by atoms with Gasteiger partial charge in [0, 0.05) is 68.8 Å². The molecule has 2 atom stereocenters. The van der Waals surface area contributed by atoms with Gasteiger partial charge in [-0.3, -0.25) is 19.6 Å². The van der Waals surface area contributed by atoms with E-state index in [4.69, 9.17) is 21.3 Å². The van der Waals surface area contributed by atoms with Crippen LogP contribution in [0.5, 0.6) is 0 Å². The molecule has 1 aromatic carbocycles. The summed E-state index contributed by atoms with van der Waals surface area (Å²) in [7, 11) is 0. The molecule has 45 heavy (non-hydrogen) atoms. The average Bonchev–Trinajstić information content (AvgIpc) is 3.75. The third-order valence-corrected chi connectivity index (χ3v) is 9.44. The quantitative estimate of drug-likeness (QED) is 0.324. The first-order chi connectivity index (χ1) is 21.6. The number of amides is 2. The summed E-state index contributed by atoms with van der Waals surface area (Å²) in [5.41, 5.74) is 5.02. The molecule has 3 aromatic rings. The van der Waals surface area contributed by atoms with Crippen molar-refractivity contribution in [1.82, 2.24) is 29.2 Å². The minimum atomic E-state index is -0.686. The molecule has 0 bridgehead atoms. The summed E-state index contributed by atoms with van der Waals surface area (Å²) in [5, 5.41) is 0.717. The Hall–Kier alpha value is -3.43. The Labute approximate surface area is 271 Å². The smallest absolute Gasteiger partial charge is 0.411 e. The Bertz CT molecular complexity index is 1530. The number of rotatable bonds is 8. The highest BCUT2D eigenvalue weighted by atomic mass is 35.5. The fourth-order valence-electron chi connectivity index (χ4n) is 6.75. The van der Waals surface area contributed by atoms with Crippen molar-refractivity contribution in [3.8, 4) is 0 Å². The molecule has 0 radical (unpaired) electrons. The molecule has 0 spiro atoms. The van der Waals surface area contributed by atoms with Crippen LogP contribution in [0.3, 0.4) is 0 Å². The average molecular weight is 633 g/mol. The number of carbonyl (C=O) groups excluding carboxylic acids is 2. The maximum atomic E-state index is 14.7. The number of aryl methyl sites for hydroxylation is 3. The summed E-state index contributed by atoms with van der Waals surface area (Å²) in [5.74, 6) is 0.487. The van der Waals surface area contributed by atoms with Gasteiger partial charge in [0.05, 0.1) is 18.1 Å². The number of aromatic nitrogens is 3. The van der Waals surface area contributed by atoms with Crippen LogP contribution >= 0.6 is 11.6 Å². The van der Waals surface area contributed by atoms with Crippen LogP contribution in [0.25, 0.3) is 0 Å². The number of benzene rings is 1. The van der Waals surface area contributed by atoms with Gasteiger partial charge in [-0.15, -0.1) is 0 Å². The molecule has 6 rings (SSSR count). The SMILES string of the molecule is CCn1cncc1CCN(CC1CC1)C(=O)[C@H]1CN([C@H]2c3ccc(Cl)cc3CCc3cccnc32)CCN1C(=O)OC(C)(C)C. The molecule has 10 heteroatoms. The van der Waals surface area contributed by atoms with E-state index in [0.29, 0.717) is 50.1 Å². The fourth-order valence-corrected chi connectivity index (χ4v) is 6.94. The number of halogens is 1. The van der Waals surface area contributed by atoms with Gasteiger partial charge in [0.25, 0.3) is 0 Å². The highest BCUT2D eigenvalue weighted by molar-refractivity contribution is 6.30. The van der Waals surface area contributed by atoms with Crippen LogP contribution in [0.4, 0.5) is 4.79 Å². The summed E-state index contributed by atoms with van der Waals surface area (Å²) in [4.78, 5) is 43.6. The molecule has 3 aliphatic rings. The topological polar surface area (TPSA) is 83.8 Å². The first-order valence-corrected chi connectivity index (χ1v) is 16.7. The van der Waals surface area contributed by atoms with Crippen LogP contribution in [-0.2, 0) is 35.3 Å². The van der Waals surface area contributed by atoms with Crippen molar-refractivity contribution < 1.29 is 14.3 Å². The molecular formula is C35H45ClN6O3. The van der Waals surface area contributed by atoms with E-state index >= 15 is 0 Å². The van der Waals surface area contributed by atoms with E-state index in [0.717, 1.165) is 49.2 Å². The Morgan fingerprint density at radius 2 is 1.91 bits per heavy atom. The lowest BCUT2D eigenvalue weighted by atomic mass is 9.95. The van der Waals surface area contributed by atoms with Gasteiger partial charge in [-0.1, -0.05) is 23.7 Å². The minimum absolute atomic E-state index is 0.0220. The van der Waals surface area contributed by atoms with Crippen molar-refractivity contribution in [1.29, 1.82) is 0 Å². The number of imidazole rings is 1. The van der Waals surface area contributed by atoms with Crippen molar-refractivity contribution >= 4 is 23.6 Å². The van der Waals surface area contributed by atoms with Gasteiger partial charge in [0.1, 0.15) is 11.6 Å². The third kappa shape index (κ3) is 7.20. The van der Waals surface area contributed by atoms with Crippen LogP contribution in [-0.4, -0.2) is 85.6 Å². The van der Waals surface area contributed by atoms with Gasteiger partial charge in [0.2, 0.25) is 5.91 Å². The molecule has 2 amide bonds. The van der Waals surface area contributed by atoms with Crippen molar-refractivity contribution in [3.63, 3.8) is 0 Å². The molecule has 2 aliphatic carbocycles. The monoisotopic (exact) mass is 632 g/mol. The van der Waals surface area contributed by atoms with Crippen molar-refractivity contribution in [3.05, 3.63) is 82.2 Å². The van der Waals surface area contributed by atoms with Crippen molar-refractivity contribution in [2.45, 2.75) is 84.0 Å². The number of ether oxygens (including phenoxy) is 1. The molecule has 240 valence electrons. The zero-order valence-corrected chi connectivity index (χ0v) is 27.7. The molecule has 9 nitrogen and oxygen atoms in total. The lowest BCUT2D eigenvalue weighted by molar-refractivity contribution is -0.140. The first kappa shape index (κ1) is 31.5.